The van der Waals surface area contributed by atoms with Crippen LogP contribution in [0.3, 0.4) is 0 Å². The van der Waals surface area contributed by atoms with Gasteiger partial charge in [-0.3, -0.25) is 19.2 Å². The molecule has 3 amide bonds. The summed E-state index contributed by atoms with van der Waals surface area (Å²) in [6.07, 6.45) is 26.4. The lowest BCUT2D eigenvalue weighted by Gasteiger charge is -2.29. The van der Waals surface area contributed by atoms with E-state index in [-0.39, 0.29) is 65.3 Å². The Labute approximate surface area is 534 Å². The second kappa shape index (κ2) is 32.6. The van der Waals surface area contributed by atoms with Gasteiger partial charge in [-0.05, 0) is 93.1 Å². The van der Waals surface area contributed by atoms with Gasteiger partial charge >= 0.3 is 0 Å². The molecule has 32 nitrogen and oxygen atoms in total. The van der Waals surface area contributed by atoms with E-state index in [2.05, 4.69) is 92.4 Å². The van der Waals surface area contributed by atoms with Crippen molar-refractivity contribution in [1.29, 1.82) is 0 Å². The molecule has 3 aliphatic rings. The first kappa shape index (κ1) is 67.1. The monoisotopic (exact) mass is 1280 g/mol. The molecule has 0 saturated heterocycles. The molecule has 3 saturated carbocycles. The van der Waals surface area contributed by atoms with Gasteiger partial charge in [-0.1, -0.05) is 56.7 Å². The predicted molar refractivity (Wildman–Crippen MR) is 348 cm³/mol. The molecule has 3 fully saturated rings. The number of benzene rings is 3. The van der Waals surface area contributed by atoms with E-state index in [0.717, 1.165) is 101 Å². The molecule has 6 atom stereocenters. The predicted octanol–water partition coefficient (Wildman–Crippen LogP) is 5.26. The number of nitrogens with zero attached hydrogens (tertiary/aromatic N) is 15. The van der Waals surface area contributed by atoms with Crippen molar-refractivity contribution in [2.75, 3.05) is 31.9 Å². The molecule has 0 unspecified atom stereocenters. The fraction of sp³-hybridized carbons (Fsp3) is 0.322. The van der Waals surface area contributed by atoms with Crippen molar-refractivity contribution < 1.29 is 24.3 Å². The number of carbonyl (C=O) groups is 4. The van der Waals surface area contributed by atoms with Crippen LogP contribution in [0, 0.1) is 0 Å². The summed E-state index contributed by atoms with van der Waals surface area (Å²) in [6.45, 7) is 1.08. The largest absolute Gasteiger partial charge is 0.481 e. The molecule has 482 valence electrons. The van der Waals surface area contributed by atoms with Crippen LogP contribution >= 0.6 is 12.4 Å². The number of aliphatic carboxylic acids is 1. The number of anilines is 9. The van der Waals surface area contributed by atoms with Crippen LogP contribution < -0.4 is 66.3 Å². The van der Waals surface area contributed by atoms with E-state index >= 15 is 0 Å². The first-order valence-electron chi connectivity index (χ1n) is 29.5. The molecule has 19 N–H and O–H groups in total. The highest BCUT2D eigenvalue weighted by atomic mass is 35.5. The Kier molecular flexibility index (Phi) is 23.8. The van der Waals surface area contributed by atoms with E-state index in [1.54, 1.807) is 37.2 Å². The highest BCUT2D eigenvalue weighted by Gasteiger charge is 2.26. The SMILES string of the molecule is CC(=O)O.Cl.NC(=O)c1cnc(N[C@@H]2CCCC[C@@H]2N)nc1Nc1cccc(-n2nccn2)c1.NC(=O)c1cnc(N[C@@H]2CCCC[C@@H]2N)nc1Nc1cccc(-n2nccn2)c1.NC(=O)c1cnc(N[C@@H]2CCCC[C@@H]2N)nc1Nc1cccc(-n2nccn2)c1. The van der Waals surface area contributed by atoms with Crippen molar-refractivity contribution in [3.05, 3.63) is 145 Å². The van der Waals surface area contributed by atoms with Gasteiger partial charge in [-0.2, -0.15) is 59.9 Å². The number of hydrogen-bond donors (Lipinski definition) is 13. The third kappa shape index (κ3) is 18.9. The van der Waals surface area contributed by atoms with Crippen LogP contribution in [0.5, 0.6) is 0 Å². The van der Waals surface area contributed by atoms with Crippen LogP contribution in [0.4, 0.5) is 52.4 Å². The van der Waals surface area contributed by atoms with E-state index in [1.165, 1.54) is 33.0 Å². The van der Waals surface area contributed by atoms with Gasteiger partial charge in [-0.25, -0.2) is 15.0 Å². The molecule has 92 heavy (non-hydrogen) atoms. The topological polar surface area (TPSA) is 486 Å². The summed E-state index contributed by atoms with van der Waals surface area (Å²) in [7, 11) is 0. The van der Waals surface area contributed by atoms with Crippen molar-refractivity contribution in [2.24, 2.45) is 34.4 Å². The quantitative estimate of drug-likeness (QED) is 0.0521. The molecule has 0 spiro atoms. The highest BCUT2D eigenvalue weighted by molar-refractivity contribution is 5.99. The van der Waals surface area contributed by atoms with Crippen LogP contribution in [0.2, 0.25) is 0 Å². The summed E-state index contributed by atoms with van der Waals surface area (Å²) in [5, 5.41) is 51.5. The molecule has 0 radical (unpaired) electrons. The van der Waals surface area contributed by atoms with Gasteiger partial charge in [0.1, 0.15) is 34.1 Å². The van der Waals surface area contributed by atoms with Crippen LogP contribution in [-0.2, 0) is 4.79 Å². The molecule has 33 heteroatoms. The maximum Gasteiger partial charge on any atom is 0.300 e. The fourth-order valence-corrected chi connectivity index (χ4v) is 10.3. The third-order valence-corrected chi connectivity index (χ3v) is 14.8. The zero-order chi connectivity index (χ0) is 64.2. The molecule has 3 aromatic carbocycles. The Balaban J connectivity index is 0.000000171. The minimum Gasteiger partial charge on any atom is -0.481 e. The number of primary amides is 3. The molecule has 12 rings (SSSR count). The van der Waals surface area contributed by atoms with Crippen molar-refractivity contribution in [3.8, 4) is 17.1 Å². The Morgan fingerprint density at radius 1 is 0.435 bits per heavy atom. The van der Waals surface area contributed by atoms with Gasteiger partial charge in [0.2, 0.25) is 17.8 Å². The number of nitrogens with two attached hydrogens (primary N) is 6. The number of halogens is 1. The Morgan fingerprint density at radius 2 is 0.685 bits per heavy atom. The van der Waals surface area contributed by atoms with E-state index in [9.17, 15) is 14.4 Å². The van der Waals surface area contributed by atoms with Crippen molar-refractivity contribution >= 4 is 88.5 Å². The molecular formula is C59H74ClN27O5. The number of carboxylic acid groups (broad SMARTS) is 1. The number of carboxylic acids is 1. The molecule has 0 aliphatic heterocycles. The number of rotatable bonds is 18. The fourth-order valence-electron chi connectivity index (χ4n) is 10.3. The average molecular weight is 1280 g/mol. The second-order valence-electron chi connectivity index (χ2n) is 21.6. The minimum absolute atomic E-state index is 0. The molecule has 6 aromatic heterocycles. The summed E-state index contributed by atoms with van der Waals surface area (Å²) in [6, 6.07) is 22.7. The third-order valence-electron chi connectivity index (χ3n) is 14.8. The normalized spacial score (nSPS) is 18.2. The Bertz CT molecular complexity index is 3470. The lowest BCUT2D eigenvalue weighted by atomic mass is 9.91. The molecule has 9 aromatic rings. The summed E-state index contributed by atoms with van der Waals surface area (Å²) < 4.78 is 0. The van der Waals surface area contributed by atoms with Gasteiger partial charge < -0.3 is 71.4 Å². The maximum atomic E-state index is 11.9. The van der Waals surface area contributed by atoms with Crippen LogP contribution in [0.1, 0.15) is 115 Å². The van der Waals surface area contributed by atoms with Gasteiger partial charge in [-0.15, -0.1) is 12.4 Å². The number of nitrogens with one attached hydrogen (secondary N) is 6. The number of hydrogen-bond acceptors (Lipinski definition) is 25. The lowest BCUT2D eigenvalue weighted by molar-refractivity contribution is -0.134. The standard InChI is InChI=1S/3C19H23N9O.C2H4O2.ClH/c3*20-15-6-1-2-7-16(15)26-19-22-11-14(17(21)29)18(27-19)25-12-4-3-5-13(10-12)28-23-8-9-24-28;1-2(3)4;/h3*3-5,8-11,15-16H,1-2,6-7,20H2,(H2,21,29)(H2,22,25,26,27);1H3,(H,3,4);1H/t3*15-,16+;;/m000../s1. The number of amides is 3. The zero-order valence-corrected chi connectivity index (χ0v) is 51.1. The summed E-state index contributed by atoms with van der Waals surface area (Å²) in [5.41, 5.74) is 40.2. The second-order valence-corrected chi connectivity index (χ2v) is 21.6. The van der Waals surface area contributed by atoms with Crippen LogP contribution in [-0.4, -0.2) is 140 Å². The summed E-state index contributed by atoms with van der Waals surface area (Å²) >= 11 is 0. The molecule has 3 aliphatic carbocycles. The van der Waals surface area contributed by atoms with Crippen molar-refractivity contribution in [2.45, 2.75) is 120 Å². The summed E-state index contributed by atoms with van der Waals surface area (Å²) in [4.78, 5) is 75.2. The van der Waals surface area contributed by atoms with Gasteiger partial charge in [0, 0.05) is 78.8 Å². The van der Waals surface area contributed by atoms with Gasteiger partial charge in [0.15, 0.2) is 0 Å². The van der Waals surface area contributed by atoms with Crippen LogP contribution in [0.15, 0.2) is 129 Å². The van der Waals surface area contributed by atoms with Crippen LogP contribution in [0.25, 0.3) is 17.1 Å². The summed E-state index contributed by atoms with van der Waals surface area (Å²) in [5.74, 6) is -0.478. The smallest absolute Gasteiger partial charge is 0.300 e. The first-order chi connectivity index (χ1) is 44.0. The van der Waals surface area contributed by atoms with E-state index < -0.39 is 23.7 Å². The van der Waals surface area contributed by atoms with Gasteiger partial charge in [0.25, 0.3) is 23.7 Å². The first-order valence-corrected chi connectivity index (χ1v) is 29.5. The van der Waals surface area contributed by atoms with E-state index in [0.29, 0.717) is 52.4 Å². The minimum atomic E-state index is -0.833. The average Bonchev–Trinajstić information content (AvgIpc) is 0.951. The number of carbonyl (C=O) groups excluding carboxylic acids is 3. The van der Waals surface area contributed by atoms with E-state index in [1.807, 2.05) is 72.8 Å². The molecule has 0 bridgehead atoms. The maximum absolute atomic E-state index is 11.9. The lowest BCUT2D eigenvalue weighted by Crippen LogP contribution is -2.43. The number of aromatic nitrogens is 15. The molecular weight excluding hydrogens is 1200 g/mol. The van der Waals surface area contributed by atoms with Crippen molar-refractivity contribution in [1.82, 2.24) is 74.9 Å². The van der Waals surface area contributed by atoms with E-state index in [4.69, 9.17) is 44.3 Å². The van der Waals surface area contributed by atoms with Crippen molar-refractivity contribution in [3.63, 3.8) is 0 Å². The Hall–Kier alpha value is -10.8. The molecule has 6 heterocycles. The highest BCUT2D eigenvalue weighted by Crippen LogP contribution is 2.28. The zero-order valence-electron chi connectivity index (χ0n) is 50.2. The van der Waals surface area contributed by atoms with Gasteiger partial charge in [0.05, 0.1) is 54.2 Å². The Morgan fingerprint density at radius 3 is 0.924 bits per heavy atom.